The fourth-order valence-electron chi connectivity index (χ4n) is 2.37. The van der Waals surface area contributed by atoms with Gasteiger partial charge in [0, 0.05) is 24.7 Å². The third-order valence-corrected chi connectivity index (χ3v) is 3.46. The van der Waals surface area contributed by atoms with Gasteiger partial charge >= 0.3 is 0 Å². The van der Waals surface area contributed by atoms with Crippen LogP contribution in [-0.4, -0.2) is 22.7 Å². The minimum absolute atomic E-state index is 0.0640. The molecule has 1 unspecified atom stereocenters. The minimum Gasteiger partial charge on any atom is -0.491 e. The van der Waals surface area contributed by atoms with Gasteiger partial charge in [-0.15, -0.1) is 0 Å². The topological polar surface area (TPSA) is 84.6 Å². The number of rotatable bonds is 8. The number of benzene rings is 2. The van der Waals surface area contributed by atoms with Crippen LogP contribution in [0.1, 0.15) is 31.1 Å². The largest absolute Gasteiger partial charge is 0.491 e. The van der Waals surface area contributed by atoms with Crippen molar-refractivity contribution in [2.24, 2.45) is 0 Å². The average molecular weight is 330 g/mol. The number of ether oxygens (including phenoxy) is 1. The molecule has 0 saturated carbocycles. The third kappa shape index (κ3) is 5.04. The lowest BCUT2D eigenvalue weighted by Crippen LogP contribution is -2.21. The van der Waals surface area contributed by atoms with Crippen molar-refractivity contribution in [2.45, 2.75) is 32.6 Å². The number of hydrogen-bond acceptors (Lipinski definition) is 5. The Morgan fingerprint density at radius 1 is 1.21 bits per heavy atom. The summed E-state index contributed by atoms with van der Waals surface area (Å²) in [5, 5.41) is 24.3. The van der Waals surface area contributed by atoms with Crippen LogP contribution < -0.4 is 10.1 Å². The van der Waals surface area contributed by atoms with E-state index in [0.29, 0.717) is 17.9 Å². The molecule has 1 atom stereocenters. The molecule has 2 aromatic rings. The molecule has 2 rings (SSSR count). The second-order valence-corrected chi connectivity index (χ2v) is 5.77. The number of nitrogens with one attached hydrogen (secondary N) is 1. The second-order valence-electron chi connectivity index (χ2n) is 5.77. The molecule has 0 aliphatic rings. The summed E-state index contributed by atoms with van der Waals surface area (Å²) in [5.74, 6) is 0.709. The van der Waals surface area contributed by atoms with Crippen molar-refractivity contribution < 1.29 is 14.8 Å². The number of nitro groups is 1. The third-order valence-electron chi connectivity index (χ3n) is 3.46. The van der Waals surface area contributed by atoms with E-state index in [1.165, 1.54) is 6.07 Å². The van der Waals surface area contributed by atoms with Gasteiger partial charge in [-0.25, -0.2) is 0 Å². The van der Waals surface area contributed by atoms with Gasteiger partial charge in [0.25, 0.3) is 5.69 Å². The summed E-state index contributed by atoms with van der Waals surface area (Å²) in [6.45, 7) is 4.49. The van der Waals surface area contributed by atoms with Crippen molar-refractivity contribution in [1.82, 2.24) is 5.32 Å². The molecule has 24 heavy (non-hydrogen) atoms. The molecule has 0 fully saturated rings. The van der Waals surface area contributed by atoms with Gasteiger partial charge in [-0.1, -0.05) is 30.3 Å². The molecule has 0 radical (unpaired) electrons. The monoisotopic (exact) mass is 330 g/mol. The van der Waals surface area contributed by atoms with E-state index < -0.39 is 11.0 Å². The number of para-hydroxylation sites is 1. The molecule has 2 aromatic carbocycles. The molecule has 0 saturated heterocycles. The van der Waals surface area contributed by atoms with Gasteiger partial charge in [0.2, 0.25) is 0 Å². The Morgan fingerprint density at radius 3 is 2.67 bits per heavy atom. The molecule has 6 heteroatoms. The summed E-state index contributed by atoms with van der Waals surface area (Å²) in [5.41, 5.74) is 1.40. The normalized spacial score (nSPS) is 12.2. The van der Waals surface area contributed by atoms with Crippen molar-refractivity contribution in [1.29, 1.82) is 0 Å². The Kier molecular flexibility index (Phi) is 6.28. The summed E-state index contributed by atoms with van der Waals surface area (Å²) >= 11 is 0. The second kappa shape index (κ2) is 8.42. The van der Waals surface area contributed by atoms with E-state index in [4.69, 9.17) is 4.74 Å². The van der Waals surface area contributed by atoms with Gasteiger partial charge in [0.1, 0.15) is 5.75 Å². The summed E-state index contributed by atoms with van der Waals surface area (Å²) in [7, 11) is 0. The molecule has 6 nitrogen and oxygen atoms in total. The van der Waals surface area contributed by atoms with E-state index >= 15 is 0 Å². The first-order chi connectivity index (χ1) is 11.5. The zero-order chi connectivity index (χ0) is 17.5. The van der Waals surface area contributed by atoms with Crippen LogP contribution in [0.4, 0.5) is 5.69 Å². The fraction of sp³-hybridized carbons (Fsp3) is 0.333. The summed E-state index contributed by atoms with van der Waals surface area (Å²) < 4.78 is 5.61. The Bertz CT molecular complexity index is 688. The summed E-state index contributed by atoms with van der Waals surface area (Å²) in [6.07, 6.45) is -0.655. The van der Waals surface area contributed by atoms with Crippen molar-refractivity contribution in [2.75, 3.05) is 6.54 Å². The zero-order valence-corrected chi connectivity index (χ0v) is 13.8. The highest BCUT2D eigenvalue weighted by Gasteiger charge is 2.13. The number of nitro benzene ring substituents is 1. The van der Waals surface area contributed by atoms with Crippen LogP contribution in [-0.2, 0) is 6.54 Å². The van der Waals surface area contributed by atoms with Crippen molar-refractivity contribution in [3.8, 4) is 5.75 Å². The Hall–Kier alpha value is -2.44. The maximum absolute atomic E-state index is 11.0. The molecular formula is C18H22N2O4. The highest BCUT2D eigenvalue weighted by Crippen LogP contribution is 2.21. The fourth-order valence-corrected chi connectivity index (χ4v) is 2.37. The lowest BCUT2D eigenvalue weighted by atomic mass is 10.1. The first-order valence-corrected chi connectivity index (χ1v) is 7.85. The van der Waals surface area contributed by atoms with E-state index in [9.17, 15) is 15.2 Å². The predicted octanol–water partition coefficient (Wildman–Crippen LogP) is 3.21. The first kappa shape index (κ1) is 17.9. The lowest BCUT2D eigenvalue weighted by Gasteiger charge is -2.15. The zero-order valence-electron chi connectivity index (χ0n) is 13.8. The van der Waals surface area contributed by atoms with Crippen molar-refractivity contribution in [3.63, 3.8) is 0 Å². The van der Waals surface area contributed by atoms with Crippen LogP contribution in [0.25, 0.3) is 0 Å². The molecule has 0 aromatic heterocycles. The molecule has 0 aliphatic heterocycles. The maximum Gasteiger partial charge on any atom is 0.273 e. The quantitative estimate of drug-likeness (QED) is 0.573. The maximum atomic E-state index is 11.0. The van der Waals surface area contributed by atoms with Crippen LogP contribution in [0.2, 0.25) is 0 Å². The van der Waals surface area contributed by atoms with Crippen molar-refractivity contribution >= 4 is 5.69 Å². The highest BCUT2D eigenvalue weighted by atomic mass is 16.6. The number of aliphatic hydroxyl groups is 1. The molecule has 0 heterocycles. The smallest absolute Gasteiger partial charge is 0.273 e. The SMILES string of the molecule is CC(C)Oc1cccc(C(O)CNCc2ccccc2[N+](=O)[O-])c1. The van der Waals surface area contributed by atoms with Gasteiger partial charge in [0.15, 0.2) is 0 Å². The first-order valence-electron chi connectivity index (χ1n) is 7.85. The molecule has 0 aliphatic carbocycles. The van der Waals surface area contributed by atoms with E-state index in [-0.39, 0.29) is 18.3 Å². The Balaban J connectivity index is 1.94. The van der Waals surface area contributed by atoms with Crippen LogP contribution >= 0.6 is 0 Å². The van der Waals surface area contributed by atoms with Gasteiger partial charge in [-0.2, -0.15) is 0 Å². The van der Waals surface area contributed by atoms with Crippen molar-refractivity contribution in [3.05, 3.63) is 69.8 Å². The van der Waals surface area contributed by atoms with Crippen LogP contribution in [0, 0.1) is 10.1 Å². The number of aliphatic hydroxyl groups excluding tert-OH is 1. The molecule has 0 bridgehead atoms. The molecule has 0 amide bonds. The van der Waals surface area contributed by atoms with E-state index in [0.717, 1.165) is 5.56 Å². The molecular weight excluding hydrogens is 308 g/mol. The standard InChI is InChI=1S/C18H22N2O4/c1-13(2)24-16-8-5-7-14(10-16)18(21)12-19-11-15-6-3-4-9-17(15)20(22)23/h3-10,13,18-19,21H,11-12H2,1-2H3. The number of nitrogens with zero attached hydrogens (tertiary/aromatic N) is 1. The van der Waals surface area contributed by atoms with Gasteiger partial charge in [0.05, 0.1) is 17.1 Å². The summed E-state index contributed by atoms with van der Waals surface area (Å²) in [4.78, 5) is 10.6. The van der Waals surface area contributed by atoms with Gasteiger partial charge in [-0.05, 0) is 31.5 Å². The Morgan fingerprint density at radius 2 is 1.96 bits per heavy atom. The highest BCUT2D eigenvalue weighted by molar-refractivity contribution is 5.39. The molecule has 128 valence electrons. The van der Waals surface area contributed by atoms with E-state index in [1.54, 1.807) is 24.3 Å². The lowest BCUT2D eigenvalue weighted by molar-refractivity contribution is -0.385. The minimum atomic E-state index is -0.719. The molecule has 0 spiro atoms. The van der Waals surface area contributed by atoms with E-state index in [1.807, 2.05) is 32.0 Å². The average Bonchev–Trinajstić information content (AvgIpc) is 2.54. The van der Waals surface area contributed by atoms with Crippen LogP contribution in [0.5, 0.6) is 5.75 Å². The van der Waals surface area contributed by atoms with E-state index in [2.05, 4.69) is 5.32 Å². The summed E-state index contributed by atoms with van der Waals surface area (Å²) in [6, 6.07) is 13.9. The van der Waals surface area contributed by atoms with Gasteiger partial charge < -0.3 is 15.2 Å². The Labute approximate surface area is 141 Å². The van der Waals surface area contributed by atoms with Gasteiger partial charge in [-0.3, -0.25) is 10.1 Å². The predicted molar refractivity (Wildman–Crippen MR) is 92.0 cm³/mol. The van der Waals surface area contributed by atoms with Crippen LogP contribution in [0.15, 0.2) is 48.5 Å². The number of hydrogen-bond donors (Lipinski definition) is 2. The van der Waals surface area contributed by atoms with Crippen LogP contribution in [0.3, 0.4) is 0 Å². The molecule has 2 N–H and O–H groups in total.